The Hall–Kier alpha value is -4.07. The molecule has 4 aromatic rings. The lowest BCUT2D eigenvalue weighted by atomic mass is 9.99. The molecule has 3 aromatic carbocycles. The number of sulfone groups is 1. The number of benzene rings is 3. The SMILES string of the molecule is Cc1cc(-c2ccc(C#N)cc2)cc(C)c1Oc1ccnc(S(=O)(=O)CC(=O)NC(C)c2ccc(Br)cc2)n1. The molecular formula is C29H25BrN4O4S. The second kappa shape index (κ2) is 11.8. The third-order valence-electron chi connectivity index (χ3n) is 5.97. The fraction of sp³-hybridized carbons (Fsp3) is 0.172. The summed E-state index contributed by atoms with van der Waals surface area (Å²) in [5.41, 5.74) is 4.97. The molecule has 1 heterocycles. The number of ether oxygens (including phenoxy) is 1. The lowest BCUT2D eigenvalue weighted by Crippen LogP contribution is -2.32. The van der Waals surface area contributed by atoms with Crippen LogP contribution in [0.1, 0.15) is 35.2 Å². The van der Waals surface area contributed by atoms with Gasteiger partial charge >= 0.3 is 0 Å². The number of rotatable bonds is 8. The number of carbonyl (C=O) groups is 1. The van der Waals surface area contributed by atoms with Crippen LogP contribution in [0.3, 0.4) is 0 Å². The fourth-order valence-corrected chi connectivity index (χ4v) is 5.28. The zero-order valence-electron chi connectivity index (χ0n) is 21.5. The van der Waals surface area contributed by atoms with Gasteiger partial charge in [-0.05, 0) is 85.0 Å². The van der Waals surface area contributed by atoms with Crippen LogP contribution in [0.4, 0.5) is 0 Å². The van der Waals surface area contributed by atoms with Gasteiger partial charge in [-0.1, -0.05) is 40.2 Å². The maximum absolute atomic E-state index is 12.9. The van der Waals surface area contributed by atoms with Crippen LogP contribution in [0.5, 0.6) is 11.6 Å². The molecule has 10 heteroatoms. The Kier molecular flexibility index (Phi) is 8.43. The number of aryl methyl sites for hydroxylation is 2. The summed E-state index contributed by atoms with van der Waals surface area (Å²) in [5, 5.41) is 11.2. The Balaban J connectivity index is 1.48. The molecule has 0 aliphatic heterocycles. The number of hydrogen-bond donors (Lipinski definition) is 1. The minimum Gasteiger partial charge on any atom is -0.438 e. The molecule has 0 saturated carbocycles. The van der Waals surface area contributed by atoms with Gasteiger partial charge in [0.1, 0.15) is 11.5 Å². The zero-order valence-corrected chi connectivity index (χ0v) is 23.9. The Labute approximate surface area is 235 Å². The van der Waals surface area contributed by atoms with Crippen molar-refractivity contribution in [3.8, 4) is 28.8 Å². The number of hydrogen-bond acceptors (Lipinski definition) is 7. The van der Waals surface area contributed by atoms with E-state index in [2.05, 4.69) is 37.3 Å². The van der Waals surface area contributed by atoms with E-state index in [1.54, 1.807) is 19.1 Å². The summed E-state index contributed by atoms with van der Waals surface area (Å²) in [7, 11) is -4.12. The van der Waals surface area contributed by atoms with E-state index < -0.39 is 26.7 Å². The number of aromatic nitrogens is 2. The van der Waals surface area contributed by atoms with Gasteiger partial charge in [0.25, 0.3) is 5.16 Å². The fourth-order valence-electron chi connectivity index (χ4n) is 4.01. The topological polar surface area (TPSA) is 122 Å². The third kappa shape index (κ3) is 6.88. The van der Waals surface area contributed by atoms with Crippen LogP contribution in [-0.4, -0.2) is 30.0 Å². The van der Waals surface area contributed by atoms with Crippen LogP contribution in [-0.2, 0) is 14.6 Å². The van der Waals surface area contributed by atoms with E-state index >= 15 is 0 Å². The second-order valence-electron chi connectivity index (χ2n) is 9.01. The molecule has 0 aliphatic rings. The number of nitrogens with zero attached hydrogens (tertiary/aromatic N) is 3. The Morgan fingerprint density at radius 3 is 2.28 bits per heavy atom. The summed E-state index contributed by atoms with van der Waals surface area (Å²) in [5.74, 6) is -0.875. The van der Waals surface area contributed by atoms with E-state index in [1.807, 2.05) is 62.4 Å². The number of nitrogens with one attached hydrogen (secondary N) is 1. The monoisotopic (exact) mass is 604 g/mol. The van der Waals surface area contributed by atoms with Crippen LogP contribution in [0, 0.1) is 25.2 Å². The van der Waals surface area contributed by atoms with Gasteiger partial charge in [-0.3, -0.25) is 4.79 Å². The van der Waals surface area contributed by atoms with E-state index in [9.17, 15) is 13.2 Å². The molecule has 1 N–H and O–H groups in total. The largest absolute Gasteiger partial charge is 0.438 e. The average molecular weight is 606 g/mol. The standard InChI is InChI=1S/C29H25BrN4O4S/c1-18-14-24(23-6-4-21(16-31)5-7-23)15-19(2)28(18)38-27-12-13-32-29(34-27)39(36,37)17-26(35)33-20(3)22-8-10-25(30)11-9-22/h4-15,20H,17H2,1-3H3,(H,33,35). The molecule has 39 heavy (non-hydrogen) atoms. The smallest absolute Gasteiger partial charge is 0.250 e. The quantitative estimate of drug-likeness (QED) is 0.251. The highest BCUT2D eigenvalue weighted by molar-refractivity contribution is 9.10. The van der Waals surface area contributed by atoms with Crippen molar-refractivity contribution in [1.29, 1.82) is 5.26 Å². The summed E-state index contributed by atoms with van der Waals surface area (Å²) >= 11 is 3.36. The second-order valence-corrected chi connectivity index (χ2v) is 11.8. The molecule has 1 unspecified atom stereocenters. The molecule has 198 valence electrons. The highest BCUT2D eigenvalue weighted by Gasteiger charge is 2.24. The molecule has 0 bridgehead atoms. The van der Waals surface area contributed by atoms with Crippen LogP contribution in [0.25, 0.3) is 11.1 Å². The van der Waals surface area contributed by atoms with Gasteiger partial charge in [-0.2, -0.15) is 10.2 Å². The average Bonchev–Trinajstić information content (AvgIpc) is 2.91. The summed E-state index contributed by atoms with van der Waals surface area (Å²) in [6, 6.07) is 21.7. The molecule has 0 aliphatic carbocycles. The van der Waals surface area contributed by atoms with Crippen molar-refractivity contribution in [2.75, 3.05) is 5.75 Å². The summed E-state index contributed by atoms with van der Waals surface area (Å²) < 4.78 is 32.7. The van der Waals surface area contributed by atoms with Gasteiger partial charge in [0.05, 0.1) is 17.7 Å². The van der Waals surface area contributed by atoms with Crippen LogP contribution < -0.4 is 10.1 Å². The third-order valence-corrected chi connectivity index (χ3v) is 7.89. The first-order valence-corrected chi connectivity index (χ1v) is 14.4. The molecule has 0 fully saturated rings. The van der Waals surface area contributed by atoms with Gasteiger partial charge in [0.2, 0.25) is 21.6 Å². The normalized spacial score (nSPS) is 11.9. The summed E-state index contributed by atoms with van der Waals surface area (Å²) in [4.78, 5) is 20.5. The maximum atomic E-state index is 12.9. The molecule has 1 atom stereocenters. The first-order chi connectivity index (χ1) is 18.6. The van der Waals surface area contributed by atoms with Crippen molar-refractivity contribution in [2.24, 2.45) is 0 Å². The lowest BCUT2D eigenvalue weighted by Gasteiger charge is -2.15. The van der Waals surface area contributed by atoms with E-state index in [1.165, 1.54) is 12.3 Å². The minimum absolute atomic E-state index is 0.0459. The maximum Gasteiger partial charge on any atom is 0.250 e. The van der Waals surface area contributed by atoms with Gasteiger partial charge in [-0.25, -0.2) is 13.4 Å². The van der Waals surface area contributed by atoms with Crippen molar-refractivity contribution in [1.82, 2.24) is 15.3 Å². The van der Waals surface area contributed by atoms with Crippen molar-refractivity contribution in [2.45, 2.75) is 32.0 Å². The summed E-state index contributed by atoms with van der Waals surface area (Å²) in [6.07, 6.45) is 1.29. The molecule has 0 saturated heterocycles. The van der Waals surface area contributed by atoms with Crippen LogP contribution >= 0.6 is 15.9 Å². The predicted molar refractivity (Wildman–Crippen MR) is 151 cm³/mol. The van der Waals surface area contributed by atoms with E-state index in [4.69, 9.17) is 10.00 Å². The van der Waals surface area contributed by atoms with Crippen molar-refractivity contribution in [3.05, 3.63) is 99.7 Å². The van der Waals surface area contributed by atoms with Crippen molar-refractivity contribution in [3.63, 3.8) is 0 Å². The molecule has 1 aromatic heterocycles. The predicted octanol–water partition coefficient (Wildman–Crippen LogP) is 5.84. The van der Waals surface area contributed by atoms with Gasteiger partial charge < -0.3 is 10.1 Å². The van der Waals surface area contributed by atoms with Crippen molar-refractivity contribution >= 4 is 31.7 Å². The molecular weight excluding hydrogens is 580 g/mol. The summed E-state index contributed by atoms with van der Waals surface area (Å²) in [6.45, 7) is 5.53. The Morgan fingerprint density at radius 1 is 1.03 bits per heavy atom. The van der Waals surface area contributed by atoms with Crippen molar-refractivity contribution < 1.29 is 17.9 Å². The van der Waals surface area contributed by atoms with E-state index in [-0.39, 0.29) is 11.9 Å². The number of halogens is 1. The van der Waals surface area contributed by atoms with Gasteiger partial charge in [-0.15, -0.1) is 0 Å². The molecule has 0 spiro atoms. The van der Waals surface area contributed by atoms with E-state index in [0.717, 1.165) is 32.3 Å². The lowest BCUT2D eigenvalue weighted by molar-refractivity contribution is -0.119. The van der Waals surface area contributed by atoms with Crippen LogP contribution in [0.2, 0.25) is 0 Å². The van der Waals surface area contributed by atoms with E-state index in [0.29, 0.717) is 11.3 Å². The highest BCUT2D eigenvalue weighted by atomic mass is 79.9. The van der Waals surface area contributed by atoms with Gasteiger partial charge in [0, 0.05) is 16.7 Å². The van der Waals surface area contributed by atoms with Gasteiger partial charge in [0.15, 0.2) is 0 Å². The molecule has 8 nitrogen and oxygen atoms in total. The molecule has 4 rings (SSSR count). The first kappa shape index (κ1) is 28.0. The molecule has 0 radical (unpaired) electrons. The first-order valence-electron chi connectivity index (χ1n) is 12.0. The Morgan fingerprint density at radius 2 is 1.67 bits per heavy atom. The Bertz CT molecular complexity index is 1640. The number of amides is 1. The molecule has 1 amide bonds. The zero-order chi connectivity index (χ0) is 28.2. The number of carbonyl (C=O) groups excluding carboxylic acids is 1. The highest BCUT2D eigenvalue weighted by Crippen LogP contribution is 2.33. The van der Waals surface area contributed by atoms with Crippen LogP contribution in [0.15, 0.2) is 82.6 Å². The minimum atomic E-state index is -4.12. The number of nitriles is 1.